The van der Waals surface area contributed by atoms with Gasteiger partial charge in [-0.05, 0) is 13.3 Å². The molecule has 1 N–H and O–H groups in total. The van der Waals surface area contributed by atoms with Crippen LogP contribution < -0.4 is 0 Å². The third-order valence-electron chi connectivity index (χ3n) is 2.38. The second-order valence-corrected chi connectivity index (χ2v) is 3.55. The van der Waals surface area contributed by atoms with Crippen molar-refractivity contribution in [1.29, 1.82) is 0 Å². The maximum atomic E-state index is 10.9. The number of nitrogens with zero attached hydrogens (tertiary/aromatic N) is 1. The van der Waals surface area contributed by atoms with Crippen LogP contribution in [0.2, 0.25) is 0 Å². The molecule has 1 saturated heterocycles. The molecule has 0 amide bonds. The van der Waals surface area contributed by atoms with Gasteiger partial charge in [0.25, 0.3) is 0 Å². The van der Waals surface area contributed by atoms with E-state index in [0.717, 1.165) is 26.1 Å². The number of carboxylic acid groups (broad SMARTS) is 1. The van der Waals surface area contributed by atoms with Crippen molar-refractivity contribution in [1.82, 2.24) is 4.90 Å². The summed E-state index contributed by atoms with van der Waals surface area (Å²) in [4.78, 5) is 13.0. The summed E-state index contributed by atoms with van der Waals surface area (Å²) in [7, 11) is 0. The van der Waals surface area contributed by atoms with Gasteiger partial charge in [-0.25, -0.2) is 4.79 Å². The van der Waals surface area contributed by atoms with Crippen LogP contribution >= 0.6 is 0 Å². The second-order valence-electron chi connectivity index (χ2n) is 3.55. The van der Waals surface area contributed by atoms with Gasteiger partial charge in [-0.15, -0.1) is 0 Å². The Hall–Kier alpha value is -0.650. The van der Waals surface area contributed by atoms with Crippen LogP contribution in [0.25, 0.3) is 0 Å². The Kier molecular flexibility index (Phi) is 5.60. The van der Waals surface area contributed by atoms with Crippen molar-refractivity contribution in [2.75, 3.05) is 39.5 Å². The highest BCUT2D eigenvalue weighted by molar-refractivity contribution is 5.72. The van der Waals surface area contributed by atoms with Crippen molar-refractivity contribution in [3.05, 3.63) is 0 Å². The molecule has 1 aliphatic heterocycles. The molecule has 1 atom stereocenters. The third-order valence-corrected chi connectivity index (χ3v) is 2.38. The summed E-state index contributed by atoms with van der Waals surface area (Å²) in [6.45, 7) is 5.81. The van der Waals surface area contributed by atoms with Crippen molar-refractivity contribution < 1.29 is 19.4 Å². The smallest absolute Gasteiger partial charge is 0.334 e. The Balaban J connectivity index is 2.37. The lowest BCUT2D eigenvalue weighted by molar-refractivity contribution is -0.151. The molecule has 5 nitrogen and oxygen atoms in total. The van der Waals surface area contributed by atoms with Gasteiger partial charge in [-0.1, -0.05) is 0 Å². The van der Waals surface area contributed by atoms with Crippen molar-refractivity contribution in [2.45, 2.75) is 19.4 Å². The minimum atomic E-state index is -0.887. The van der Waals surface area contributed by atoms with Crippen LogP contribution in [0, 0.1) is 0 Å². The average Bonchev–Trinajstić information content (AvgIpc) is 2.45. The lowest BCUT2D eigenvalue weighted by atomic mass is 10.3. The summed E-state index contributed by atoms with van der Waals surface area (Å²) in [5.41, 5.74) is 0. The zero-order valence-electron chi connectivity index (χ0n) is 9.15. The first kappa shape index (κ1) is 12.4. The number of carboxylic acids is 1. The molecule has 1 fully saturated rings. The van der Waals surface area contributed by atoms with E-state index in [1.165, 1.54) is 0 Å². The predicted octanol–water partition coefficient (Wildman–Crippen LogP) is 0.198. The highest BCUT2D eigenvalue weighted by atomic mass is 16.5. The zero-order chi connectivity index (χ0) is 11.1. The molecule has 5 heteroatoms. The van der Waals surface area contributed by atoms with E-state index in [9.17, 15) is 4.79 Å². The van der Waals surface area contributed by atoms with Crippen molar-refractivity contribution >= 4 is 5.97 Å². The number of aliphatic carboxylic acids is 1. The van der Waals surface area contributed by atoms with Gasteiger partial charge in [-0.2, -0.15) is 0 Å². The van der Waals surface area contributed by atoms with Crippen molar-refractivity contribution in [3.8, 4) is 0 Å². The first-order valence-corrected chi connectivity index (χ1v) is 5.38. The molecule has 0 saturated carbocycles. The largest absolute Gasteiger partial charge is 0.479 e. The molecular formula is C10H19NO4. The highest BCUT2D eigenvalue weighted by Gasteiger charge is 2.21. The van der Waals surface area contributed by atoms with Gasteiger partial charge in [0.2, 0.25) is 0 Å². The average molecular weight is 217 g/mol. The summed E-state index contributed by atoms with van der Waals surface area (Å²) in [6.07, 6.45) is 0.242. The van der Waals surface area contributed by atoms with Gasteiger partial charge in [0.05, 0.1) is 6.61 Å². The molecule has 1 rings (SSSR count). The first-order chi connectivity index (χ1) is 7.24. The lowest BCUT2D eigenvalue weighted by Gasteiger charge is -2.22. The Morgan fingerprint density at radius 2 is 2.33 bits per heavy atom. The fourth-order valence-electron chi connectivity index (χ4n) is 1.62. The number of carbonyl (C=O) groups is 1. The summed E-state index contributed by atoms with van der Waals surface area (Å²) in [5.74, 6) is -0.887. The SMILES string of the molecule is CCOC(CN1CCCOCC1)C(=O)O. The van der Waals surface area contributed by atoms with E-state index in [0.29, 0.717) is 19.8 Å². The van der Waals surface area contributed by atoms with E-state index in [2.05, 4.69) is 4.90 Å². The fraction of sp³-hybridized carbons (Fsp3) is 0.900. The fourth-order valence-corrected chi connectivity index (χ4v) is 1.62. The molecule has 15 heavy (non-hydrogen) atoms. The van der Waals surface area contributed by atoms with Crippen LogP contribution in [0.5, 0.6) is 0 Å². The second kappa shape index (κ2) is 6.76. The van der Waals surface area contributed by atoms with Crippen LogP contribution in [-0.2, 0) is 14.3 Å². The molecule has 0 aromatic rings. The Morgan fingerprint density at radius 3 is 3.00 bits per heavy atom. The molecule has 0 bridgehead atoms. The standard InChI is InChI=1S/C10H19NO4/c1-2-15-9(10(12)13)8-11-4-3-6-14-7-5-11/h9H,2-8H2,1H3,(H,12,13). The first-order valence-electron chi connectivity index (χ1n) is 5.38. The molecular weight excluding hydrogens is 198 g/mol. The highest BCUT2D eigenvalue weighted by Crippen LogP contribution is 2.03. The summed E-state index contributed by atoms with van der Waals surface area (Å²) < 4.78 is 10.5. The van der Waals surface area contributed by atoms with Gasteiger partial charge in [-0.3, -0.25) is 4.90 Å². The molecule has 0 spiro atoms. The summed E-state index contributed by atoms with van der Waals surface area (Å²) in [6, 6.07) is 0. The van der Waals surface area contributed by atoms with Gasteiger partial charge in [0.1, 0.15) is 0 Å². The number of ether oxygens (including phenoxy) is 2. The topological polar surface area (TPSA) is 59.0 Å². The Bertz CT molecular complexity index is 190. The van der Waals surface area contributed by atoms with Crippen LogP contribution in [0.1, 0.15) is 13.3 Å². The molecule has 1 unspecified atom stereocenters. The van der Waals surface area contributed by atoms with Crippen LogP contribution in [-0.4, -0.2) is 61.5 Å². The maximum Gasteiger partial charge on any atom is 0.334 e. The van der Waals surface area contributed by atoms with E-state index in [1.54, 1.807) is 0 Å². The third kappa shape index (κ3) is 4.59. The number of hydrogen-bond donors (Lipinski definition) is 1. The molecule has 1 aliphatic rings. The van der Waals surface area contributed by atoms with E-state index in [1.807, 2.05) is 6.92 Å². The van der Waals surface area contributed by atoms with Crippen LogP contribution in [0.4, 0.5) is 0 Å². The Labute approximate surface area is 90.0 Å². The van der Waals surface area contributed by atoms with Crippen molar-refractivity contribution in [3.63, 3.8) is 0 Å². The van der Waals surface area contributed by atoms with Gasteiger partial charge >= 0.3 is 5.97 Å². The minimum absolute atomic E-state index is 0.432. The van der Waals surface area contributed by atoms with E-state index in [4.69, 9.17) is 14.6 Å². The number of rotatable bonds is 5. The van der Waals surface area contributed by atoms with E-state index in [-0.39, 0.29) is 0 Å². The van der Waals surface area contributed by atoms with Crippen LogP contribution in [0.15, 0.2) is 0 Å². The monoisotopic (exact) mass is 217 g/mol. The molecule has 0 aromatic carbocycles. The van der Waals surface area contributed by atoms with Gasteiger partial charge in [0, 0.05) is 32.8 Å². The van der Waals surface area contributed by atoms with Crippen LogP contribution in [0.3, 0.4) is 0 Å². The summed E-state index contributed by atoms with van der Waals surface area (Å²) in [5, 5.41) is 8.92. The molecule has 88 valence electrons. The zero-order valence-corrected chi connectivity index (χ0v) is 9.15. The van der Waals surface area contributed by atoms with Gasteiger partial charge < -0.3 is 14.6 Å². The van der Waals surface area contributed by atoms with Crippen molar-refractivity contribution in [2.24, 2.45) is 0 Å². The Morgan fingerprint density at radius 1 is 1.53 bits per heavy atom. The molecule has 0 aliphatic carbocycles. The quantitative estimate of drug-likeness (QED) is 0.712. The predicted molar refractivity (Wildman–Crippen MR) is 54.9 cm³/mol. The summed E-state index contributed by atoms with van der Waals surface area (Å²) >= 11 is 0. The molecule has 0 radical (unpaired) electrons. The molecule has 0 aromatic heterocycles. The minimum Gasteiger partial charge on any atom is -0.479 e. The number of hydrogen-bond acceptors (Lipinski definition) is 4. The normalized spacial score (nSPS) is 20.9. The van der Waals surface area contributed by atoms with E-state index >= 15 is 0 Å². The van der Waals surface area contributed by atoms with Gasteiger partial charge in [0.15, 0.2) is 6.10 Å². The maximum absolute atomic E-state index is 10.9. The lowest BCUT2D eigenvalue weighted by Crippen LogP contribution is -2.39. The van der Waals surface area contributed by atoms with E-state index < -0.39 is 12.1 Å². The molecule has 1 heterocycles.